The van der Waals surface area contributed by atoms with Crippen LogP contribution in [0, 0.1) is 11.3 Å². The molecule has 1 aromatic rings. The molecule has 1 N–H and O–H groups in total. The van der Waals surface area contributed by atoms with Crippen molar-refractivity contribution in [3.05, 3.63) is 29.3 Å². The van der Waals surface area contributed by atoms with Gasteiger partial charge in [0.15, 0.2) is 0 Å². The van der Waals surface area contributed by atoms with Gasteiger partial charge in [0, 0.05) is 6.42 Å². The molecule has 0 radical (unpaired) electrons. The molecule has 0 amide bonds. The molecule has 0 aliphatic heterocycles. The summed E-state index contributed by atoms with van der Waals surface area (Å²) in [4.78, 5) is 0. The molecule has 0 saturated heterocycles. The van der Waals surface area contributed by atoms with Crippen LogP contribution < -0.4 is 4.74 Å². The van der Waals surface area contributed by atoms with Gasteiger partial charge in [0.1, 0.15) is 5.75 Å². The number of hydrogen-bond acceptors (Lipinski definition) is 3. The minimum Gasteiger partial charge on any atom is -0.492 e. The molecule has 0 heterocycles. The topological polar surface area (TPSA) is 53.2 Å². The predicted octanol–water partition coefficient (Wildman–Crippen LogP) is 2.38. The summed E-state index contributed by atoms with van der Waals surface area (Å²) in [7, 11) is 0. The number of aliphatic hydroxyl groups excluding tert-OH is 1. The molecular weight excluding hydrogens is 214 g/mol. The number of aliphatic hydroxyl groups is 1. The van der Waals surface area contributed by atoms with Crippen molar-refractivity contribution < 1.29 is 9.84 Å². The molecular formula is C11H12ClNO2. The maximum Gasteiger partial charge on any atom is 0.137 e. The Morgan fingerprint density at radius 3 is 2.87 bits per heavy atom. The van der Waals surface area contributed by atoms with E-state index in [1.807, 2.05) is 18.2 Å². The molecule has 15 heavy (non-hydrogen) atoms. The minimum absolute atomic E-state index is 0.131. The monoisotopic (exact) mass is 225 g/mol. The second-order valence-electron chi connectivity index (χ2n) is 3.08. The Bertz CT molecular complexity index is 349. The summed E-state index contributed by atoms with van der Waals surface area (Å²) in [5.41, 5.74) is 0. The van der Waals surface area contributed by atoms with Crippen LogP contribution in [0.2, 0.25) is 5.02 Å². The number of benzene rings is 1. The lowest BCUT2D eigenvalue weighted by Gasteiger charge is -2.09. The summed E-state index contributed by atoms with van der Waals surface area (Å²) in [5.74, 6) is 0.600. The van der Waals surface area contributed by atoms with Crippen LogP contribution in [-0.4, -0.2) is 17.8 Å². The van der Waals surface area contributed by atoms with Gasteiger partial charge in [-0.05, 0) is 12.1 Å². The van der Waals surface area contributed by atoms with Crippen molar-refractivity contribution in [3.8, 4) is 11.8 Å². The van der Waals surface area contributed by atoms with E-state index in [0.29, 0.717) is 23.8 Å². The minimum atomic E-state index is -0.627. The van der Waals surface area contributed by atoms with Gasteiger partial charge in [-0.25, -0.2) is 0 Å². The highest BCUT2D eigenvalue weighted by atomic mass is 35.5. The van der Waals surface area contributed by atoms with Gasteiger partial charge in [-0.3, -0.25) is 0 Å². The number of hydrogen-bond donors (Lipinski definition) is 1. The molecule has 0 aliphatic carbocycles. The highest BCUT2D eigenvalue weighted by Gasteiger charge is 2.04. The third-order valence-electron chi connectivity index (χ3n) is 1.87. The quantitative estimate of drug-likeness (QED) is 0.837. The van der Waals surface area contributed by atoms with Gasteiger partial charge < -0.3 is 9.84 Å². The van der Waals surface area contributed by atoms with Crippen LogP contribution >= 0.6 is 11.6 Å². The van der Waals surface area contributed by atoms with Crippen LogP contribution in [0.3, 0.4) is 0 Å². The van der Waals surface area contributed by atoms with Crippen LogP contribution in [0.15, 0.2) is 24.3 Å². The standard InChI is InChI=1S/C11H12ClNO2/c12-10-3-1-2-4-11(10)15-8-6-9(14)5-7-13/h1-4,9,14H,5-6,8H2. The van der Waals surface area contributed by atoms with Crippen molar-refractivity contribution in [3.63, 3.8) is 0 Å². The fraction of sp³-hybridized carbons (Fsp3) is 0.364. The lowest BCUT2D eigenvalue weighted by molar-refractivity contribution is 0.143. The van der Waals surface area contributed by atoms with Gasteiger partial charge in [-0.1, -0.05) is 23.7 Å². The summed E-state index contributed by atoms with van der Waals surface area (Å²) < 4.78 is 5.35. The van der Waals surface area contributed by atoms with E-state index in [2.05, 4.69) is 0 Å². The zero-order valence-electron chi connectivity index (χ0n) is 8.19. The molecule has 0 fully saturated rings. The summed E-state index contributed by atoms with van der Waals surface area (Å²) >= 11 is 5.86. The molecule has 1 aromatic carbocycles. The molecule has 1 unspecified atom stereocenters. The molecule has 80 valence electrons. The van der Waals surface area contributed by atoms with E-state index in [1.165, 1.54) is 0 Å². The third-order valence-corrected chi connectivity index (χ3v) is 2.18. The predicted molar refractivity (Wildman–Crippen MR) is 57.8 cm³/mol. The molecule has 0 aromatic heterocycles. The van der Waals surface area contributed by atoms with E-state index in [1.54, 1.807) is 12.1 Å². The van der Waals surface area contributed by atoms with Crippen LogP contribution in [0.4, 0.5) is 0 Å². The number of para-hydroxylation sites is 1. The average Bonchev–Trinajstić information content (AvgIpc) is 2.21. The van der Waals surface area contributed by atoms with E-state index in [-0.39, 0.29) is 6.42 Å². The van der Waals surface area contributed by atoms with E-state index in [0.717, 1.165) is 0 Å². The highest BCUT2D eigenvalue weighted by Crippen LogP contribution is 2.23. The van der Waals surface area contributed by atoms with Crippen molar-refractivity contribution in [2.45, 2.75) is 18.9 Å². The summed E-state index contributed by atoms with van der Waals surface area (Å²) in [6.45, 7) is 0.354. The SMILES string of the molecule is N#CCC(O)CCOc1ccccc1Cl. The van der Waals surface area contributed by atoms with Gasteiger partial charge in [-0.15, -0.1) is 0 Å². The Hall–Kier alpha value is -1.24. The Balaban J connectivity index is 2.32. The Morgan fingerprint density at radius 2 is 2.20 bits per heavy atom. The van der Waals surface area contributed by atoms with Crippen LogP contribution in [-0.2, 0) is 0 Å². The molecule has 4 heteroatoms. The smallest absolute Gasteiger partial charge is 0.137 e. The van der Waals surface area contributed by atoms with Crippen molar-refractivity contribution in [1.82, 2.24) is 0 Å². The number of nitrogens with zero attached hydrogens (tertiary/aromatic N) is 1. The lowest BCUT2D eigenvalue weighted by Crippen LogP contribution is -2.11. The Kier molecular flexibility index (Phi) is 4.96. The summed E-state index contributed by atoms with van der Waals surface area (Å²) in [6.07, 6.45) is -0.0671. The second kappa shape index (κ2) is 6.28. The summed E-state index contributed by atoms with van der Waals surface area (Å²) in [6, 6.07) is 9.04. The molecule has 0 spiro atoms. The van der Waals surface area contributed by atoms with E-state index >= 15 is 0 Å². The zero-order chi connectivity index (χ0) is 11.1. The number of halogens is 1. The summed E-state index contributed by atoms with van der Waals surface area (Å²) in [5, 5.41) is 18.1. The number of ether oxygens (including phenoxy) is 1. The number of nitriles is 1. The van der Waals surface area contributed by atoms with Crippen molar-refractivity contribution >= 4 is 11.6 Å². The van der Waals surface area contributed by atoms with E-state index < -0.39 is 6.10 Å². The molecule has 3 nitrogen and oxygen atoms in total. The highest BCUT2D eigenvalue weighted by molar-refractivity contribution is 6.32. The van der Waals surface area contributed by atoms with Gasteiger partial charge in [0.05, 0.1) is 30.2 Å². The molecule has 1 atom stereocenters. The second-order valence-corrected chi connectivity index (χ2v) is 3.49. The average molecular weight is 226 g/mol. The molecule has 1 rings (SSSR count). The first kappa shape index (κ1) is 11.8. The van der Waals surface area contributed by atoms with E-state index in [9.17, 15) is 5.11 Å². The lowest BCUT2D eigenvalue weighted by atomic mass is 10.2. The molecule has 0 aliphatic rings. The van der Waals surface area contributed by atoms with Gasteiger partial charge in [0.2, 0.25) is 0 Å². The third kappa shape index (κ3) is 4.20. The van der Waals surface area contributed by atoms with Crippen LogP contribution in [0.5, 0.6) is 5.75 Å². The normalized spacial score (nSPS) is 11.8. The number of rotatable bonds is 5. The van der Waals surface area contributed by atoms with Gasteiger partial charge >= 0.3 is 0 Å². The first-order valence-electron chi connectivity index (χ1n) is 4.66. The fourth-order valence-corrected chi connectivity index (χ4v) is 1.26. The Labute approximate surface area is 93.9 Å². The fourth-order valence-electron chi connectivity index (χ4n) is 1.07. The van der Waals surface area contributed by atoms with Crippen LogP contribution in [0.25, 0.3) is 0 Å². The van der Waals surface area contributed by atoms with Gasteiger partial charge in [0.25, 0.3) is 0 Å². The van der Waals surface area contributed by atoms with Crippen molar-refractivity contribution in [1.29, 1.82) is 5.26 Å². The van der Waals surface area contributed by atoms with Gasteiger partial charge in [-0.2, -0.15) is 5.26 Å². The zero-order valence-corrected chi connectivity index (χ0v) is 8.94. The van der Waals surface area contributed by atoms with Crippen LogP contribution in [0.1, 0.15) is 12.8 Å². The molecule has 0 saturated carbocycles. The van der Waals surface area contributed by atoms with Crippen molar-refractivity contribution in [2.24, 2.45) is 0 Å². The maximum absolute atomic E-state index is 9.26. The first-order chi connectivity index (χ1) is 7.24. The first-order valence-corrected chi connectivity index (χ1v) is 5.04. The Morgan fingerprint density at radius 1 is 1.47 bits per heavy atom. The molecule has 0 bridgehead atoms. The van der Waals surface area contributed by atoms with Crippen molar-refractivity contribution in [2.75, 3.05) is 6.61 Å². The maximum atomic E-state index is 9.26. The van der Waals surface area contributed by atoms with E-state index in [4.69, 9.17) is 21.6 Å². The largest absolute Gasteiger partial charge is 0.492 e.